The summed E-state index contributed by atoms with van der Waals surface area (Å²) in [6.45, 7) is 6.88. The number of aryl methyl sites for hydroxylation is 2. The Kier molecular flexibility index (Phi) is 6.79. The minimum absolute atomic E-state index is 0.0696. The van der Waals surface area contributed by atoms with Crippen LogP contribution in [0.15, 0.2) is 42.0 Å². The van der Waals surface area contributed by atoms with Gasteiger partial charge in [-0.25, -0.2) is 9.97 Å². The molecule has 0 saturated carbocycles. The van der Waals surface area contributed by atoms with Gasteiger partial charge in [-0.05, 0) is 37.4 Å². The number of Topliss-reactive ketones (excluding diaryl/α,β-unsaturated/α-hetero) is 2. The standard InChI is InChI=1S/C11H10N2OS.C10H9NOS2/c1-7-10(8(2)14)15-11(13-7)9-4-3-5-12-6-9;1-6-9(7(2)12)14-10(11-6)8-4-3-5-13-8/h3-6H,1-2H3;3-5H,1-2H3. The van der Waals surface area contributed by atoms with Gasteiger partial charge in [0.2, 0.25) is 0 Å². The van der Waals surface area contributed by atoms with Gasteiger partial charge >= 0.3 is 0 Å². The van der Waals surface area contributed by atoms with Crippen LogP contribution >= 0.6 is 34.0 Å². The second-order valence-corrected chi connectivity index (χ2v) is 9.14. The van der Waals surface area contributed by atoms with Crippen molar-refractivity contribution in [2.24, 2.45) is 0 Å². The average Bonchev–Trinajstić information content (AvgIpc) is 3.42. The molecule has 0 aliphatic rings. The van der Waals surface area contributed by atoms with Crippen LogP contribution in [0.3, 0.4) is 0 Å². The van der Waals surface area contributed by atoms with Crippen molar-refractivity contribution in [2.45, 2.75) is 27.7 Å². The third-order valence-corrected chi connectivity index (χ3v) is 7.48. The number of pyridine rings is 1. The fourth-order valence-corrected chi connectivity index (χ4v) is 5.27. The lowest BCUT2D eigenvalue weighted by molar-refractivity contribution is 0.101. The number of ketones is 2. The summed E-state index contributed by atoms with van der Waals surface area (Å²) in [4.78, 5) is 37.9. The predicted octanol–water partition coefficient (Wildman–Crippen LogP) is 6.10. The molecule has 0 saturated heterocycles. The summed E-state index contributed by atoms with van der Waals surface area (Å²) in [5.74, 6) is 0.169. The number of hydrogen-bond acceptors (Lipinski definition) is 8. The Labute approximate surface area is 181 Å². The van der Waals surface area contributed by atoms with Gasteiger partial charge in [0.15, 0.2) is 11.6 Å². The number of aromatic nitrogens is 3. The SMILES string of the molecule is CC(=O)c1sc(-c2cccnc2)nc1C.CC(=O)c1sc(-c2cccs2)nc1C. The molecule has 0 unspecified atom stereocenters. The van der Waals surface area contributed by atoms with Crippen LogP contribution in [0.5, 0.6) is 0 Å². The van der Waals surface area contributed by atoms with E-state index in [9.17, 15) is 9.59 Å². The van der Waals surface area contributed by atoms with E-state index in [0.717, 1.165) is 41.6 Å². The lowest BCUT2D eigenvalue weighted by Crippen LogP contribution is -1.89. The van der Waals surface area contributed by atoms with Crippen LogP contribution in [-0.2, 0) is 0 Å². The zero-order valence-electron chi connectivity index (χ0n) is 16.4. The van der Waals surface area contributed by atoms with Crippen molar-refractivity contribution >= 4 is 45.6 Å². The first-order chi connectivity index (χ1) is 13.9. The number of carbonyl (C=O) groups excluding carboxylic acids is 2. The minimum atomic E-state index is 0.0696. The summed E-state index contributed by atoms with van der Waals surface area (Å²) in [6, 6.07) is 7.81. The van der Waals surface area contributed by atoms with E-state index >= 15 is 0 Å². The van der Waals surface area contributed by atoms with Crippen LogP contribution in [0.1, 0.15) is 44.6 Å². The second kappa shape index (κ2) is 9.30. The van der Waals surface area contributed by atoms with Gasteiger partial charge in [-0.3, -0.25) is 14.6 Å². The lowest BCUT2D eigenvalue weighted by Gasteiger charge is -1.91. The van der Waals surface area contributed by atoms with Crippen molar-refractivity contribution in [3.05, 3.63) is 63.2 Å². The van der Waals surface area contributed by atoms with Crippen LogP contribution in [-0.4, -0.2) is 26.5 Å². The van der Waals surface area contributed by atoms with E-state index in [2.05, 4.69) is 15.0 Å². The van der Waals surface area contributed by atoms with Crippen molar-refractivity contribution in [2.75, 3.05) is 0 Å². The topological polar surface area (TPSA) is 72.8 Å². The highest BCUT2D eigenvalue weighted by Gasteiger charge is 2.13. The Bertz CT molecular complexity index is 1130. The van der Waals surface area contributed by atoms with Gasteiger partial charge in [0, 0.05) is 31.8 Å². The molecule has 4 rings (SSSR count). The third-order valence-electron chi connectivity index (χ3n) is 3.87. The van der Waals surface area contributed by atoms with Gasteiger partial charge in [0.1, 0.15) is 10.0 Å². The van der Waals surface area contributed by atoms with Gasteiger partial charge in [-0.15, -0.1) is 34.0 Å². The Hall–Kier alpha value is -2.55. The van der Waals surface area contributed by atoms with E-state index in [4.69, 9.17) is 0 Å². The maximum atomic E-state index is 11.3. The molecule has 0 amide bonds. The molecule has 0 fully saturated rings. The summed E-state index contributed by atoms with van der Waals surface area (Å²) < 4.78 is 0. The van der Waals surface area contributed by atoms with E-state index in [-0.39, 0.29) is 11.6 Å². The highest BCUT2D eigenvalue weighted by Crippen LogP contribution is 2.31. The molecule has 0 atom stereocenters. The third kappa shape index (κ3) is 5.09. The highest BCUT2D eigenvalue weighted by molar-refractivity contribution is 7.22. The molecule has 4 heterocycles. The van der Waals surface area contributed by atoms with Crippen LogP contribution in [0.4, 0.5) is 0 Å². The van der Waals surface area contributed by atoms with Gasteiger partial charge in [0.05, 0.1) is 26.0 Å². The zero-order valence-corrected chi connectivity index (χ0v) is 18.9. The molecule has 0 aromatic carbocycles. The molecule has 4 aromatic heterocycles. The lowest BCUT2D eigenvalue weighted by atomic mass is 10.3. The molecule has 5 nitrogen and oxygen atoms in total. The molecule has 4 aromatic rings. The first-order valence-corrected chi connectivity index (χ1v) is 11.3. The van der Waals surface area contributed by atoms with Crippen molar-refractivity contribution in [1.82, 2.24) is 15.0 Å². The van der Waals surface area contributed by atoms with Crippen molar-refractivity contribution in [3.63, 3.8) is 0 Å². The monoisotopic (exact) mass is 441 g/mol. The molecule has 0 radical (unpaired) electrons. The van der Waals surface area contributed by atoms with Crippen LogP contribution in [0.2, 0.25) is 0 Å². The smallest absolute Gasteiger partial charge is 0.171 e. The normalized spacial score (nSPS) is 10.3. The van der Waals surface area contributed by atoms with Gasteiger partial charge in [0.25, 0.3) is 0 Å². The number of thiazole rings is 2. The largest absolute Gasteiger partial charge is 0.294 e. The summed E-state index contributed by atoms with van der Waals surface area (Å²) >= 11 is 4.54. The minimum Gasteiger partial charge on any atom is -0.294 e. The van der Waals surface area contributed by atoms with Gasteiger partial charge < -0.3 is 0 Å². The van der Waals surface area contributed by atoms with E-state index in [1.807, 2.05) is 43.5 Å². The maximum absolute atomic E-state index is 11.3. The fourth-order valence-electron chi connectivity index (χ4n) is 2.56. The van der Waals surface area contributed by atoms with Crippen molar-refractivity contribution in [3.8, 4) is 20.5 Å². The summed E-state index contributed by atoms with van der Waals surface area (Å²) in [5.41, 5.74) is 2.59. The molecule has 0 N–H and O–H groups in total. The summed E-state index contributed by atoms with van der Waals surface area (Å²) in [6.07, 6.45) is 3.47. The maximum Gasteiger partial charge on any atom is 0.171 e. The molecular weight excluding hydrogens is 422 g/mol. The van der Waals surface area contributed by atoms with E-state index in [1.165, 1.54) is 22.7 Å². The number of thiophene rings is 1. The molecule has 0 aliphatic heterocycles. The molecule has 8 heteroatoms. The molecule has 29 heavy (non-hydrogen) atoms. The Morgan fingerprint density at radius 3 is 1.97 bits per heavy atom. The summed E-state index contributed by atoms with van der Waals surface area (Å²) in [7, 11) is 0. The molecule has 0 spiro atoms. The molecule has 0 aliphatic carbocycles. The highest BCUT2D eigenvalue weighted by atomic mass is 32.1. The van der Waals surface area contributed by atoms with Crippen molar-refractivity contribution < 1.29 is 9.59 Å². The van der Waals surface area contributed by atoms with Crippen LogP contribution in [0.25, 0.3) is 20.5 Å². The number of hydrogen-bond donors (Lipinski definition) is 0. The quantitative estimate of drug-likeness (QED) is 0.358. The van der Waals surface area contributed by atoms with Gasteiger partial charge in [-0.2, -0.15) is 0 Å². The van der Waals surface area contributed by atoms with Crippen LogP contribution < -0.4 is 0 Å². The zero-order chi connectivity index (χ0) is 21.0. The first-order valence-electron chi connectivity index (χ1n) is 8.77. The number of rotatable bonds is 4. The Balaban J connectivity index is 0.000000166. The van der Waals surface area contributed by atoms with Crippen molar-refractivity contribution in [1.29, 1.82) is 0 Å². The fraction of sp³-hybridized carbons (Fsp3) is 0.190. The molecular formula is C21H19N3O2S3. The van der Waals surface area contributed by atoms with E-state index in [0.29, 0.717) is 0 Å². The Morgan fingerprint density at radius 1 is 0.862 bits per heavy atom. The van der Waals surface area contributed by atoms with E-state index in [1.54, 1.807) is 37.6 Å². The second-order valence-electron chi connectivity index (χ2n) is 6.20. The average molecular weight is 442 g/mol. The summed E-state index contributed by atoms with van der Waals surface area (Å²) in [5, 5.41) is 3.81. The molecule has 148 valence electrons. The van der Waals surface area contributed by atoms with Gasteiger partial charge in [-0.1, -0.05) is 6.07 Å². The number of nitrogens with zero attached hydrogens (tertiary/aromatic N) is 3. The van der Waals surface area contributed by atoms with Crippen LogP contribution in [0, 0.1) is 13.8 Å². The Morgan fingerprint density at radius 2 is 1.48 bits per heavy atom. The first kappa shape index (κ1) is 21.2. The predicted molar refractivity (Wildman–Crippen MR) is 120 cm³/mol. The van der Waals surface area contributed by atoms with E-state index < -0.39 is 0 Å². The molecule has 0 bridgehead atoms. The number of carbonyl (C=O) groups is 2.